The normalized spacial score (nSPS) is 20.2. The number of hydrogen-bond donors (Lipinski definition) is 0. The second-order valence-corrected chi connectivity index (χ2v) is 13.0. The molecule has 2 amide bonds. The summed E-state index contributed by atoms with van der Waals surface area (Å²) in [5, 5.41) is 5.48. The first-order valence-electron chi connectivity index (χ1n) is 12.3. The molecule has 200 valence electrons. The van der Waals surface area contributed by atoms with Crippen molar-refractivity contribution in [3.63, 3.8) is 0 Å². The monoisotopic (exact) mass is 574 g/mol. The average Bonchev–Trinajstić information content (AvgIpc) is 3.25. The Morgan fingerprint density at radius 3 is 2.37 bits per heavy atom. The summed E-state index contributed by atoms with van der Waals surface area (Å²) in [4.78, 5) is 31.1. The largest absolute Gasteiger partial charge is 0.331 e. The molecule has 0 saturated carbocycles. The molecule has 1 aromatic heterocycles. The van der Waals surface area contributed by atoms with Crippen LogP contribution in [-0.2, 0) is 22.8 Å². The van der Waals surface area contributed by atoms with Gasteiger partial charge in [-0.05, 0) is 56.7 Å². The highest BCUT2D eigenvalue weighted by atomic mass is 35.5. The van der Waals surface area contributed by atoms with Gasteiger partial charge in [0.2, 0.25) is 0 Å². The van der Waals surface area contributed by atoms with Gasteiger partial charge in [-0.15, -0.1) is 0 Å². The Morgan fingerprint density at radius 2 is 1.74 bits per heavy atom. The van der Waals surface area contributed by atoms with Crippen molar-refractivity contribution in [3.05, 3.63) is 80.6 Å². The number of carbonyl (C=O) groups excluding carboxylic acids is 2. The molecule has 0 saturated heterocycles. The molecule has 2 aliphatic rings. The first kappa shape index (κ1) is 26.7. The van der Waals surface area contributed by atoms with Crippen molar-refractivity contribution in [3.8, 4) is 0 Å². The third-order valence-corrected chi connectivity index (χ3v) is 9.34. The van der Waals surface area contributed by atoms with Gasteiger partial charge >= 0.3 is 0 Å². The lowest BCUT2D eigenvalue weighted by Gasteiger charge is -2.37. The summed E-state index contributed by atoms with van der Waals surface area (Å²) in [7, 11) is -3.31. The number of amides is 2. The van der Waals surface area contributed by atoms with Crippen LogP contribution in [-0.4, -0.2) is 58.7 Å². The molecule has 8 nitrogen and oxygen atoms in total. The number of halogens is 2. The molecule has 3 aromatic rings. The maximum absolute atomic E-state index is 13.9. The Balaban J connectivity index is 1.46. The second-order valence-electron chi connectivity index (χ2n) is 10.2. The molecular weight excluding hydrogens is 547 g/mol. The summed E-state index contributed by atoms with van der Waals surface area (Å²) in [6.45, 7) is 6.64. The number of nitrogens with zero attached hydrogens (tertiary/aromatic N) is 4. The predicted octanol–water partition coefficient (Wildman–Crippen LogP) is 4.96. The summed E-state index contributed by atoms with van der Waals surface area (Å²) in [6.07, 6.45) is 1.70. The average molecular weight is 576 g/mol. The fraction of sp³-hybridized carbons (Fsp3) is 0.370. The van der Waals surface area contributed by atoms with E-state index < -0.39 is 9.84 Å². The molecule has 0 bridgehead atoms. The zero-order chi connectivity index (χ0) is 27.5. The van der Waals surface area contributed by atoms with Crippen molar-refractivity contribution in [2.45, 2.75) is 56.8 Å². The molecule has 11 heteroatoms. The van der Waals surface area contributed by atoms with Gasteiger partial charge in [0.25, 0.3) is 11.8 Å². The van der Waals surface area contributed by atoms with E-state index in [1.54, 1.807) is 56.9 Å². The first-order valence-corrected chi connectivity index (χ1v) is 15.0. The lowest BCUT2D eigenvalue weighted by molar-refractivity contribution is 0.0574. The van der Waals surface area contributed by atoms with Crippen molar-refractivity contribution in [2.24, 2.45) is 0 Å². The molecule has 0 N–H and O–H groups in total. The van der Waals surface area contributed by atoms with Gasteiger partial charge in [0, 0.05) is 36.4 Å². The van der Waals surface area contributed by atoms with E-state index in [1.165, 1.54) is 6.26 Å². The summed E-state index contributed by atoms with van der Waals surface area (Å²) < 4.78 is 25.5. The highest BCUT2D eigenvalue weighted by Crippen LogP contribution is 2.35. The molecule has 0 spiro atoms. The maximum Gasteiger partial charge on any atom is 0.273 e. The van der Waals surface area contributed by atoms with Gasteiger partial charge in [-0.2, -0.15) is 5.10 Å². The van der Waals surface area contributed by atoms with Crippen molar-refractivity contribution in [2.75, 3.05) is 12.8 Å². The van der Waals surface area contributed by atoms with E-state index in [4.69, 9.17) is 28.3 Å². The van der Waals surface area contributed by atoms with E-state index >= 15 is 0 Å². The number of benzene rings is 2. The Labute approximate surface area is 232 Å². The van der Waals surface area contributed by atoms with Gasteiger partial charge in [-0.1, -0.05) is 35.3 Å². The van der Waals surface area contributed by atoms with Crippen LogP contribution in [0, 0.1) is 0 Å². The molecule has 0 aliphatic carbocycles. The highest BCUT2D eigenvalue weighted by Gasteiger charge is 2.40. The molecule has 0 radical (unpaired) electrons. The fourth-order valence-corrected chi connectivity index (χ4v) is 6.19. The van der Waals surface area contributed by atoms with Gasteiger partial charge in [0.15, 0.2) is 9.84 Å². The highest BCUT2D eigenvalue weighted by molar-refractivity contribution is 7.90. The van der Waals surface area contributed by atoms with Crippen molar-refractivity contribution in [1.29, 1.82) is 0 Å². The Bertz CT molecular complexity index is 1550. The molecule has 0 fully saturated rings. The Morgan fingerprint density at radius 1 is 1.05 bits per heavy atom. The zero-order valence-electron chi connectivity index (χ0n) is 21.5. The zero-order valence-corrected chi connectivity index (χ0v) is 23.8. The number of aromatic nitrogens is 2. The smallest absolute Gasteiger partial charge is 0.273 e. The van der Waals surface area contributed by atoms with Crippen LogP contribution >= 0.6 is 23.2 Å². The van der Waals surface area contributed by atoms with Crippen LogP contribution in [0.2, 0.25) is 10.0 Å². The minimum atomic E-state index is -3.31. The van der Waals surface area contributed by atoms with Crippen molar-refractivity contribution < 1.29 is 18.0 Å². The van der Waals surface area contributed by atoms with Crippen molar-refractivity contribution >= 4 is 44.9 Å². The van der Waals surface area contributed by atoms with E-state index in [0.29, 0.717) is 34.3 Å². The standard InChI is InChI=1S/C27H28Cl2N4O4S/c1-15-11-24-21(14-31(15)26(34)19-7-10-22(28)23(29)12-19)25-27(35)32(13-16(2)33(25)30-24)17(3)18-5-8-20(9-6-18)38(4,36)37/h5-10,12,15-17H,11,13-14H2,1-4H3/t15-,16-,17?/m1/s1. The third kappa shape index (κ3) is 4.61. The number of fused-ring (bicyclic) bond motifs is 3. The number of rotatable bonds is 4. The third-order valence-electron chi connectivity index (χ3n) is 7.47. The van der Waals surface area contributed by atoms with Crippen LogP contribution in [0.1, 0.15) is 70.5 Å². The van der Waals surface area contributed by atoms with Gasteiger partial charge in [-0.25, -0.2) is 8.42 Å². The fourth-order valence-electron chi connectivity index (χ4n) is 5.26. The van der Waals surface area contributed by atoms with Crippen LogP contribution in [0.3, 0.4) is 0 Å². The van der Waals surface area contributed by atoms with Crippen LogP contribution in [0.15, 0.2) is 47.4 Å². The molecule has 5 rings (SSSR count). The molecule has 38 heavy (non-hydrogen) atoms. The molecule has 3 heterocycles. The van der Waals surface area contributed by atoms with Gasteiger partial charge in [0.05, 0.1) is 39.3 Å². The van der Waals surface area contributed by atoms with Crippen LogP contribution in [0.4, 0.5) is 0 Å². The summed E-state index contributed by atoms with van der Waals surface area (Å²) in [6, 6.07) is 11.0. The SMILES string of the molecule is CC(c1ccc(S(C)(=O)=O)cc1)N1C[C@@H](C)n2nc3c(c2C1=O)CN(C(=O)c1ccc(Cl)c(Cl)c1)[C@H](C)C3. The number of carbonyl (C=O) groups is 2. The van der Waals surface area contributed by atoms with E-state index in [1.807, 2.05) is 20.8 Å². The van der Waals surface area contributed by atoms with E-state index in [9.17, 15) is 18.0 Å². The maximum atomic E-state index is 13.9. The Kier molecular flexibility index (Phi) is 6.82. The summed E-state index contributed by atoms with van der Waals surface area (Å²) >= 11 is 12.2. The summed E-state index contributed by atoms with van der Waals surface area (Å²) in [5.74, 6) is -0.345. The van der Waals surface area contributed by atoms with E-state index in [-0.39, 0.29) is 41.4 Å². The summed E-state index contributed by atoms with van der Waals surface area (Å²) in [5.41, 5.74) is 3.36. The number of hydrogen-bond acceptors (Lipinski definition) is 5. The first-order chi connectivity index (χ1) is 17.9. The van der Waals surface area contributed by atoms with Crippen molar-refractivity contribution in [1.82, 2.24) is 19.6 Å². The molecule has 2 aromatic carbocycles. The lowest BCUT2D eigenvalue weighted by Crippen LogP contribution is -2.45. The topological polar surface area (TPSA) is 92.6 Å². The van der Waals surface area contributed by atoms with Crippen LogP contribution < -0.4 is 0 Å². The minimum Gasteiger partial charge on any atom is -0.331 e. The molecule has 3 atom stereocenters. The van der Waals surface area contributed by atoms with E-state index in [0.717, 1.165) is 16.8 Å². The van der Waals surface area contributed by atoms with Gasteiger partial charge < -0.3 is 9.80 Å². The van der Waals surface area contributed by atoms with Gasteiger partial charge in [0.1, 0.15) is 5.69 Å². The molecule has 2 aliphatic heterocycles. The minimum absolute atomic E-state index is 0.0689. The van der Waals surface area contributed by atoms with Crippen LogP contribution in [0.5, 0.6) is 0 Å². The molecular formula is C27H28Cl2N4O4S. The predicted molar refractivity (Wildman–Crippen MR) is 145 cm³/mol. The molecule has 1 unspecified atom stereocenters. The lowest BCUT2D eigenvalue weighted by atomic mass is 9.96. The number of sulfone groups is 1. The Hall–Kier alpha value is -2.88. The van der Waals surface area contributed by atoms with Crippen LogP contribution in [0.25, 0.3) is 0 Å². The quantitative estimate of drug-likeness (QED) is 0.439. The van der Waals surface area contributed by atoms with E-state index in [2.05, 4.69) is 0 Å². The van der Waals surface area contributed by atoms with Gasteiger partial charge in [-0.3, -0.25) is 14.3 Å². The second kappa shape index (κ2) is 9.70.